The van der Waals surface area contributed by atoms with Crippen molar-refractivity contribution in [3.05, 3.63) is 36.0 Å². The summed E-state index contributed by atoms with van der Waals surface area (Å²) >= 11 is 0. The summed E-state index contributed by atoms with van der Waals surface area (Å²) in [4.78, 5) is 11.8. The standard InChI is InChI=1S/C19H24N6O/c1-12-6-5-7-15(8-12)21-17-16-9-20-24(4)18(16)23-19(22-17)25-10-13(2)26-14(3)11-25/h5-9,13-14H,10-11H2,1-4H3,(H,21,22,23)/t13-,14+. The molecule has 1 aromatic carbocycles. The molecule has 7 nitrogen and oxygen atoms in total. The van der Waals surface area contributed by atoms with Crippen LogP contribution in [0.1, 0.15) is 19.4 Å². The first-order valence-electron chi connectivity index (χ1n) is 8.93. The van der Waals surface area contributed by atoms with Crippen LogP contribution in [0.15, 0.2) is 30.5 Å². The first-order chi connectivity index (χ1) is 12.5. The third-order valence-corrected chi connectivity index (χ3v) is 4.56. The molecule has 1 aliphatic rings. The highest BCUT2D eigenvalue weighted by atomic mass is 16.5. The van der Waals surface area contributed by atoms with Crippen molar-refractivity contribution in [1.29, 1.82) is 0 Å². The first-order valence-corrected chi connectivity index (χ1v) is 8.93. The summed E-state index contributed by atoms with van der Waals surface area (Å²) < 4.78 is 7.63. The zero-order chi connectivity index (χ0) is 18.3. The van der Waals surface area contributed by atoms with Crippen LogP contribution in [0.25, 0.3) is 11.0 Å². The van der Waals surface area contributed by atoms with E-state index in [2.05, 4.69) is 48.2 Å². The van der Waals surface area contributed by atoms with Gasteiger partial charge in [0.1, 0.15) is 5.82 Å². The number of fused-ring (bicyclic) bond motifs is 1. The maximum atomic E-state index is 5.84. The van der Waals surface area contributed by atoms with E-state index in [4.69, 9.17) is 14.7 Å². The molecule has 3 heterocycles. The molecule has 1 aliphatic heterocycles. The Morgan fingerprint density at radius 2 is 1.92 bits per heavy atom. The number of aromatic nitrogens is 4. The Kier molecular flexibility index (Phi) is 4.24. The lowest BCUT2D eigenvalue weighted by molar-refractivity contribution is -0.00569. The van der Waals surface area contributed by atoms with Gasteiger partial charge in [0.15, 0.2) is 5.65 Å². The maximum Gasteiger partial charge on any atom is 0.229 e. The summed E-state index contributed by atoms with van der Waals surface area (Å²) in [6.45, 7) is 7.79. The van der Waals surface area contributed by atoms with Gasteiger partial charge in [-0.15, -0.1) is 0 Å². The molecule has 2 atom stereocenters. The van der Waals surface area contributed by atoms with E-state index in [1.807, 2.05) is 25.4 Å². The molecule has 2 aromatic heterocycles. The Balaban J connectivity index is 1.76. The molecular formula is C19H24N6O. The van der Waals surface area contributed by atoms with Crippen molar-refractivity contribution in [1.82, 2.24) is 19.7 Å². The second kappa shape index (κ2) is 6.57. The summed E-state index contributed by atoms with van der Waals surface area (Å²) in [5, 5.41) is 8.71. The van der Waals surface area contributed by atoms with Crippen molar-refractivity contribution in [3.63, 3.8) is 0 Å². The smallest absolute Gasteiger partial charge is 0.229 e. The van der Waals surface area contributed by atoms with Gasteiger partial charge in [-0.25, -0.2) is 0 Å². The molecule has 0 spiro atoms. The average molecular weight is 352 g/mol. The summed E-state index contributed by atoms with van der Waals surface area (Å²) in [5.74, 6) is 1.48. The van der Waals surface area contributed by atoms with E-state index in [1.165, 1.54) is 5.56 Å². The summed E-state index contributed by atoms with van der Waals surface area (Å²) in [6.07, 6.45) is 2.11. The largest absolute Gasteiger partial charge is 0.372 e. The second-order valence-corrected chi connectivity index (χ2v) is 7.03. The zero-order valence-corrected chi connectivity index (χ0v) is 15.6. The van der Waals surface area contributed by atoms with E-state index >= 15 is 0 Å². The van der Waals surface area contributed by atoms with E-state index < -0.39 is 0 Å². The van der Waals surface area contributed by atoms with E-state index in [9.17, 15) is 0 Å². The number of hydrogen-bond donors (Lipinski definition) is 1. The number of benzene rings is 1. The van der Waals surface area contributed by atoms with Crippen LogP contribution in [-0.4, -0.2) is 45.0 Å². The lowest BCUT2D eigenvalue weighted by atomic mass is 10.2. The van der Waals surface area contributed by atoms with Gasteiger partial charge in [-0.05, 0) is 38.5 Å². The Labute approximate surface area is 153 Å². The Morgan fingerprint density at radius 3 is 2.65 bits per heavy atom. The van der Waals surface area contributed by atoms with Crippen LogP contribution in [0.5, 0.6) is 0 Å². The number of aryl methyl sites for hydroxylation is 2. The van der Waals surface area contributed by atoms with Gasteiger partial charge in [0.05, 0.1) is 23.8 Å². The van der Waals surface area contributed by atoms with Crippen molar-refractivity contribution >= 4 is 28.5 Å². The van der Waals surface area contributed by atoms with Crippen LogP contribution in [0.3, 0.4) is 0 Å². The number of morpholine rings is 1. The van der Waals surface area contributed by atoms with E-state index in [1.54, 1.807) is 4.68 Å². The average Bonchev–Trinajstić information content (AvgIpc) is 2.96. The van der Waals surface area contributed by atoms with Crippen molar-refractivity contribution in [3.8, 4) is 0 Å². The molecule has 0 saturated carbocycles. The predicted molar refractivity (Wildman–Crippen MR) is 103 cm³/mol. The van der Waals surface area contributed by atoms with Crippen LogP contribution in [0.4, 0.5) is 17.5 Å². The fourth-order valence-electron chi connectivity index (χ4n) is 3.45. The van der Waals surface area contributed by atoms with E-state index in [-0.39, 0.29) is 12.2 Å². The van der Waals surface area contributed by atoms with E-state index in [0.717, 1.165) is 35.6 Å². The lowest BCUT2D eigenvalue weighted by Gasteiger charge is -2.35. The van der Waals surface area contributed by atoms with Gasteiger partial charge in [-0.2, -0.15) is 15.1 Å². The summed E-state index contributed by atoms with van der Waals surface area (Å²) in [6, 6.07) is 8.25. The number of nitrogens with zero attached hydrogens (tertiary/aromatic N) is 5. The predicted octanol–water partition coefficient (Wildman–Crippen LogP) is 3.03. The minimum Gasteiger partial charge on any atom is -0.372 e. The van der Waals surface area contributed by atoms with Gasteiger partial charge >= 0.3 is 0 Å². The molecular weight excluding hydrogens is 328 g/mol. The molecule has 0 aliphatic carbocycles. The first kappa shape index (κ1) is 16.8. The fraction of sp³-hybridized carbons (Fsp3) is 0.421. The van der Waals surface area contributed by atoms with Gasteiger partial charge in [-0.3, -0.25) is 4.68 Å². The molecule has 0 amide bonds. The number of ether oxygens (including phenoxy) is 1. The number of nitrogens with one attached hydrogen (secondary N) is 1. The highest BCUT2D eigenvalue weighted by molar-refractivity contribution is 5.89. The normalized spacial score (nSPS) is 20.5. The molecule has 1 N–H and O–H groups in total. The molecule has 7 heteroatoms. The zero-order valence-electron chi connectivity index (χ0n) is 15.6. The van der Waals surface area contributed by atoms with Crippen molar-refractivity contribution in [2.75, 3.05) is 23.3 Å². The number of rotatable bonds is 3. The summed E-state index contributed by atoms with van der Waals surface area (Å²) in [7, 11) is 1.90. The molecule has 26 heavy (non-hydrogen) atoms. The molecule has 4 rings (SSSR count). The Morgan fingerprint density at radius 1 is 1.15 bits per heavy atom. The van der Waals surface area contributed by atoms with Crippen molar-refractivity contribution in [2.45, 2.75) is 33.0 Å². The molecule has 3 aromatic rings. The second-order valence-electron chi connectivity index (χ2n) is 7.03. The van der Waals surface area contributed by atoms with Gasteiger partial charge in [0.25, 0.3) is 0 Å². The quantitative estimate of drug-likeness (QED) is 0.781. The molecule has 0 bridgehead atoms. The molecule has 1 saturated heterocycles. The van der Waals surface area contributed by atoms with Gasteiger partial charge < -0.3 is 15.0 Å². The van der Waals surface area contributed by atoms with Crippen LogP contribution in [0.2, 0.25) is 0 Å². The molecule has 136 valence electrons. The van der Waals surface area contributed by atoms with Crippen LogP contribution < -0.4 is 10.2 Å². The molecule has 0 radical (unpaired) electrons. The number of hydrogen-bond acceptors (Lipinski definition) is 6. The highest BCUT2D eigenvalue weighted by Crippen LogP contribution is 2.27. The number of anilines is 3. The van der Waals surface area contributed by atoms with Gasteiger partial charge in [0.2, 0.25) is 5.95 Å². The minimum atomic E-state index is 0.151. The van der Waals surface area contributed by atoms with Crippen molar-refractivity contribution < 1.29 is 4.74 Å². The van der Waals surface area contributed by atoms with Crippen molar-refractivity contribution in [2.24, 2.45) is 7.05 Å². The van der Waals surface area contributed by atoms with Crippen LogP contribution in [-0.2, 0) is 11.8 Å². The Hall–Kier alpha value is -2.67. The highest BCUT2D eigenvalue weighted by Gasteiger charge is 2.25. The third-order valence-electron chi connectivity index (χ3n) is 4.56. The topological polar surface area (TPSA) is 68.1 Å². The van der Waals surface area contributed by atoms with Gasteiger partial charge in [-0.1, -0.05) is 12.1 Å². The molecule has 0 unspecified atom stereocenters. The van der Waals surface area contributed by atoms with Gasteiger partial charge in [0, 0.05) is 25.8 Å². The SMILES string of the molecule is Cc1cccc(Nc2nc(N3C[C@@H](C)O[C@@H](C)C3)nc3c2cnn3C)c1. The Bertz CT molecular complexity index is 927. The minimum absolute atomic E-state index is 0.151. The maximum absolute atomic E-state index is 5.84. The fourth-order valence-corrected chi connectivity index (χ4v) is 3.45. The van der Waals surface area contributed by atoms with Crippen LogP contribution >= 0.6 is 0 Å². The van der Waals surface area contributed by atoms with E-state index in [0.29, 0.717) is 5.95 Å². The van der Waals surface area contributed by atoms with Crippen LogP contribution in [0, 0.1) is 6.92 Å². The lowest BCUT2D eigenvalue weighted by Crippen LogP contribution is -2.46. The molecule has 1 fully saturated rings. The summed E-state index contributed by atoms with van der Waals surface area (Å²) in [5.41, 5.74) is 3.02. The monoisotopic (exact) mass is 352 g/mol. The third kappa shape index (κ3) is 3.22.